The molecule has 13 heavy (non-hydrogen) atoms. The summed E-state index contributed by atoms with van der Waals surface area (Å²) in [5.41, 5.74) is 0.585. The zero-order chi connectivity index (χ0) is 9.26. The van der Waals surface area contributed by atoms with Gasteiger partial charge in [-0.2, -0.15) is 0 Å². The molecular weight excluding hydrogens is 169 g/mol. The highest BCUT2D eigenvalue weighted by atomic mass is 19.1. The van der Waals surface area contributed by atoms with Crippen LogP contribution in [0.5, 0.6) is 0 Å². The summed E-state index contributed by atoms with van der Waals surface area (Å²) in [6.45, 7) is 0. The minimum absolute atomic E-state index is 0.189. The minimum Gasteiger partial charge on any atom is -0.346 e. The maximum Gasteiger partial charge on any atom is 0.251 e. The lowest BCUT2D eigenvalue weighted by Gasteiger charge is -2.01. The average Bonchev–Trinajstić information content (AvgIpc) is 2.83. The highest BCUT2D eigenvalue weighted by Crippen LogP contribution is 2.25. The van der Waals surface area contributed by atoms with E-state index in [4.69, 9.17) is 0 Å². The smallest absolute Gasteiger partial charge is 0.251 e. The first-order chi connectivity index (χ1) is 6.27. The second-order valence-electron chi connectivity index (χ2n) is 3.20. The van der Waals surface area contributed by atoms with E-state index < -0.39 is 6.17 Å². The fourth-order valence-electron chi connectivity index (χ4n) is 1.15. The summed E-state index contributed by atoms with van der Waals surface area (Å²) in [5, 5.41) is 2.61. The number of nitrogens with one attached hydrogen (secondary N) is 1. The van der Waals surface area contributed by atoms with E-state index in [-0.39, 0.29) is 11.9 Å². The van der Waals surface area contributed by atoms with Gasteiger partial charge in [0.15, 0.2) is 0 Å². The third-order valence-corrected chi connectivity index (χ3v) is 2.07. The van der Waals surface area contributed by atoms with Crippen molar-refractivity contribution in [1.29, 1.82) is 0 Å². The third kappa shape index (κ3) is 1.86. The molecule has 3 heteroatoms. The Balaban J connectivity index is 1.98. The Morgan fingerprint density at radius 1 is 1.38 bits per heavy atom. The van der Waals surface area contributed by atoms with Crippen LogP contribution >= 0.6 is 0 Å². The topological polar surface area (TPSA) is 29.1 Å². The molecule has 1 aliphatic rings. The first-order valence-electron chi connectivity index (χ1n) is 4.27. The van der Waals surface area contributed by atoms with E-state index in [1.165, 1.54) is 0 Å². The van der Waals surface area contributed by atoms with Crippen molar-refractivity contribution < 1.29 is 9.18 Å². The molecule has 0 aromatic heterocycles. The molecule has 1 N–H and O–H groups in total. The number of halogens is 1. The van der Waals surface area contributed by atoms with Gasteiger partial charge in [0.1, 0.15) is 6.17 Å². The molecule has 0 bridgehead atoms. The normalized spacial score (nSPS) is 25.3. The van der Waals surface area contributed by atoms with Gasteiger partial charge in [-0.25, -0.2) is 4.39 Å². The van der Waals surface area contributed by atoms with Gasteiger partial charge in [0, 0.05) is 12.0 Å². The van der Waals surface area contributed by atoms with E-state index in [2.05, 4.69) is 5.32 Å². The molecule has 0 heterocycles. The predicted octanol–water partition coefficient (Wildman–Crippen LogP) is 1.53. The molecule has 1 aromatic carbocycles. The van der Waals surface area contributed by atoms with Crippen molar-refractivity contribution in [3.63, 3.8) is 0 Å². The lowest BCUT2D eigenvalue weighted by atomic mass is 10.2. The van der Waals surface area contributed by atoms with Crippen LogP contribution in [0.2, 0.25) is 0 Å². The van der Waals surface area contributed by atoms with Crippen molar-refractivity contribution in [3.8, 4) is 0 Å². The summed E-state index contributed by atoms with van der Waals surface area (Å²) in [6, 6.07) is 8.58. The van der Waals surface area contributed by atoms with E-state index in [0.29, 0.717) is 12.0 Å². The standard InChI is InChI=1S/C10H10FNO/c11-8-6-9(8)12-10(13)7-4-2-1-3-5-7/h1-5,8-9H,6H2,(H,12,13). The average molecular weight is 179 g/mol. The van der Waals surface area contributed by atoms with Crippen LogP contribution in [-0.2, 0) is 0 Å². The van der Waals surface area contributed by atoms with E-state index >= 15 is 0 Å². The summed E-state index contributed by atoms with van der Waals surface area (Å²) in [5.74, 6) is -0.189. The molecule has 1 amide bonds. The number of hydrogen-bond donors (Lipinski definition) is 1. The molecule has 1 aromatic rings. The van der Waals surface area contributed by atoms with Gasteiger partial charge in [0.05, 0.1) is 6.04 Å². The highest BCUT2D eigenvalue weighted by molar-refractivity contribution is 5.94. The lowest BCUT2D eigenvalue weighted by Crippen LogP contribution is -2.26. The van der Waals surface area contributed by atoms with E-state index in [9.17, 15) is 9.18 Å². The second-order valence-corrected chi connectivity index (χ2v) is 3.20. The van der Waals surface area contributed by atoms with Crippen molar-refractivity contribution in [2.75, 3.05) is 0 Å². The van der Waals surface area contributed by atoms with Gasteiger partial charge in [0.2, 0.25) is 0 Å². The predicted molar refractivity (Wildman–Crippen MR) is 47.2 cm³/mol. The first-order valence-corrected chi connectivity index (χ1v) is 4.27. The monoisotopic (exact) mass is 179 g/mol. The van der Waals surface area contributed by atoms with Gasteiger partial charge in [-0.1, -0.05) is 18.2 Å². The molecule has 0 radical (unpaired) electrons. The molecule has 0 saturated heterocycles. The van der Waals surface area contributed by atoms with Crippen LogP contribution in [0.4, 0.5) is 4.39 Å². The van der Waals surface area contributed by atoms with Crippen LogP contribution < -0.4 is 5.32 Å². The Kier molecular flexibility index (Phi) is 2.00. The lowest BCUT2D eigenvalue weighted by molar-refractivity contribution is 0.0947. The number of alkyl halides is 1. The van der Waals surface area contributed by atoms with Crippen molar-refractivity contribution in [2.24, 2.45) is 0 Å². The number of carbonyl (C=O) groups excluding carboxylic acids is 1. The van der Waals surface area contributed by atoms with Crippen LogP contribution in [-0.4, -0.2) is 18.1 Å². The van der Waals surface area contributed by atoms with E-state index in [0.717, 1.165) is 0 Å². The van der Waals surface area contributed by atoms with Crippen LogP contribution in [0.1, 0.15) is 16.8 Å². The molecule has 1 aliphatic carbocycles. The maximum absolute atomic E-state index is 12.4. The number of benzene rings is 1. The number of rotatable bonds is 2. The number of amides is 1. The van der Waals surface area contributed by atoms with Gasteiger partial charge in [-0.3, -0.25) is 4.79 Å². The highest BCUT2D eigenvalue weighted by Gasteiger charge is 2.38. The molecular formula is C10H10FNO. The zero-order valence-electron chi connectivity index (χ0n) is 7.03. The van der Waals surface area contributed by atoms with Crippen molar-refractivity contribution >= 4 is 5.91 Å². The summed E-state index contributed by atoms with van der Waals surface area (Å²) >= 11 is 0. The Labute approximate surface area is 75.8 Å². The van der Waals surface area contributed by atoms with Crippen LogP contribution in [0.3, 0.4) is 0 Å². The van der Waals surface area contributed by atoms with E-state index in [1.807, 2.05) is 6.07 Å². The van der Waals surface area contributed by atoms with Gasteiger partial charge >= 0.3 is 0 Å². The largest absolute Gasteiger partial charge is 0.346 e. The number of hydrogen-bond acceptors (Lipinski definition) is 1. The zero-order valence-corrected chi connectivity index (χ0v) is 7.03. The van der Waals surface area contributed by atoms with Crippen LogP contribution in [0, 0.1) is 0 Å². The SMILES string of the molecule is O=C(NC1CC1F)c1ccccc1. The molecule has 0 aliphatic heterocycles. The molecule has 1 saturated carbocycles. The van der Waals surface area contributed by atoms with Crippen LogP contribution in [0.25, 0.3) is 0 Å². The van der Waals surface area contributed by atoms with Gasteiger partial charge in [-0.15, -0.1) is 0 Å². The van der Waals surface area contributed by atoms with Gasteiger partial charge < -0.3 is 5.32 Å². The second kappa shape index (κ2) is 3.17. The first kappa shape index (κ1) is 8.23. The fourth-order valence-corrected chi connectivity index (χ4v) is 1.15. The van der Waals surface area contributed by atoms with Crippen LogP contribution in [0.15, 0.2) is 30.3 Å². The Bertz CT molecular complexity index is 312. The van der Waals surface area contributed by atoms with Crippen molar-refractivity contribution in [3.05, 3.63) is 35.9 Å². The molecule has 68 valence electrons. The van der Waals surface area contributed by atoms with Gasteiger partial charge in [-0.05, 0) is 12.1 Å². The Morgan fingerprint density at radius 2 is 2.00 bits per heavy atom. The Morgan fingerprint density at radius 3 is 2.54 bits per heavy atom. The third-order valence-electron chi connectivity index (χ3n) is 2.07. The molecule has 2 rings (SSSR count). The summed E-state index contributed by atoms with van der Waals surface area (Å²) in [6.07, 6.45) is -0.383. The summed E-state index contributed by atoms with van der Waals surface area (Å²) < 4.78 is 12.4. The summed E-state index contributed by atoms with van der Waals surface area (Å²) in [4.78, 5) is 11.4. The molecule has 2 atom stereocenters. The van der Waals surface area contributed by atoms with E-state index in [1.54, 1.807) is 24.3 Å². The molecule has 2 unspecified atom stereocenters. The quantitative estimate of drug-likeness (QED) is 0.732. The molecule has 2 nitrogen and oxygen atoms in total. The maximum atomic E-state index is 12.4. The minimum atomic E-state index is -0.840. The summed E-state index contributed by atoms with van der Waals surface area (Å²) in [7, 11) is 0. The number of carbonyl (C=O) groups is 1. The van der Waals surface area contributed by atoms with Crippen molar-refractivity contribution in [2.45, 2.75) is 18.6 Å². The fraction of sp³-hybridized carbons (Fsp3) is 0.300. The Hall–Kier alpha value is -1.38. The van der Waals surface area contributed by atoms with Crippen molar-refractivity contribution in [1.82, 2.24) is 5.32 Å². The molecule has 0 spiro atoms. The molecule has 1 fully saturated rings. The van der Waals surface area contributed by atoms with Gasteiger partial charge in [0.25, 0.3) is 5.91 Å².